The van der Waals surface area contributed by atoms with Crippen LogP contribution in [-0.4, -0.2) is 15.5 Å². The summed E-state index contributed by atoms with van der Waals surface area (Å²) in [6.45, 7) is 0.0253. The van der Waals surface area contributed by atoms with Gasteiger partial charge in [0.2, 0.25) is 0 Å². The third kappa shape index (κ3) is 2.66. The van der Waals surface area contributed by atoms with Crippen molar-refractivity contribution in [2.24, 2.45) is 5.73 Å². The number of sulfonamides is 1. The van der Waals surface area contributed by atoms with Gasteiger partial charge in [-0.1, -0.05) is 24.3 Å². The van der Waals surface area contributed by atoms with Gasteiger partial charge in [-0.25, -0.2) is 12.8 Å². The van der Waals surface area contributed by atoms with E-state index in [0.717, 1.165) is 10.4 Å². The first-order chi connectivity index (χ1) is 9.46. The van der Waals surface area contributed by atoms with E-state index in [1.165, 1.54) is 19.2 Å². The molecule has 2 N–H and O–H groups in total. The van der Waals surface area contributed by atoms with Gasteiger partial charge in [0.05, 0.1) is 10.6 Å². The molecule has 0 unspecified atom stereocenters. The van der Waals surface area contributed by atoms with Crippen molar-refractivity contribution in [2.45, 2.75) is 11.4 Å². The fraction of sp³-hybridized carbons (Fsp3) is 0.143. The average molecular weight is 294 g/mol. The Kier molecular flexibility index (Phi) is 4.06. The van der Waals surface area contributed by atoms with Gasteiger partial charge in [-0.15, -0.1) is 0 Å². The van der Waals surface area contributed by atoms with Gasteiger partial charge in [0.1, 0.15) is 5.82 Å². The van der Waals surface area contributed by atoms with Crippen molar-refractivity contribution in [3.63, 3.8) is 0 Å². The molecule has 0 radical (unpaired) electrons. The number of nitrogens with zero attached hydrogens (tertiary/aromatic N) is 1. The second kappa shape index (κ2) is 5.60. The van der Waals surface area contributed by atoms with Crippen molar-refractivity contribution >= 4 is 15.7 Å². The van der Waals surface area contributed by atoms with Crippen LogP contribution in [0.5, 0.6) is 0 Å². The molecule has 6 heteroatoms. The molecule has 0 saturated carbocycles. The predicted octanol–water partition coefficient (Wildman–Crippen LogP) is 2.11. The van der Waals surface area contributed by atoms with Crippen LogP contribution in [0.1, 0.15) is 5.56 Å². The number of para-hydroxylation sites is 1. The highest BCUT2D eigenvalue weighted by molar-refractivity contribution is 7.92. The summed E-state index contributed by atoms with van der Waals surface area (Å²) in [6, 6.07) is 12.2. The molecule has 2 aromatic rings. The first-order valence-electron chi connectivity index (χ1n) is 5.99. The Balaban J connectivity index is 2.53. The predicted molar refractivity (Wildman–Crippen MR) is 76.3 cm³/mol. The Morgan fingerprint density at radius 3 is 2.40 bits per heavy atom. The summed E-state index contributed by atoms with van der Waals surface area (Å²) >= 11 is 0. The van der Waals surface area contributed by atoms with E-state index in [0.29, 0.717) is 11.3 Å². The summed E-state index contributed by atoms with van der Waals surface area (Å²) in [6.07, 6.45) is 0. The van der Waals surface area contributed by atoms with Gasteiger partial charge < -0.3 is 5.73 Å². The normalized spacial score (nSPS) is 11.3. The van der Waals surface area contributed by atoms with Crippen molar-refractivity contribution < 1.29 is 12.8 Å². The van der Waals surface area contributed by atoms with Crippen LogP contribution in [0.25, 0.3) is 0 Å². The van der Waals surface area contributed by atoms with E-state index in [1.807, 2.05) is 0 Å². The van der Waals surface area contributed by atoms with Crippen LogP contribution in [0, 0.1) is 5.82 Å². The summed E-state index contributed by atoms with van der Waals surface area (Å²) in [5.41, 5.74) is 6.41. The van der Waals surface area contributed by atoms with Crippen LogP contribution in [0.4, 0.5) is 10.1 Å². The molecule has 20 heavy (non-hydrogen) atoms. The topological polar surface area (TPSA) is 63.4 Å². The molecule has 0 heterocycles. The standard InChI is InChI=1S/C14H15FN2O2S/c1-17(13-5-3-2-4-6-13)20(18,19)14-9-12(15)8-7-11(14)10-16/h2-9H,10,16H2,1H3. The van der Waals surface area contributed by atoms with E-state index in [9.17, 15) is 12.8 Å². The maximum atomic E-state index is 13.4. The summed E-state index contributed by atoms with van der Waals surface area (Å²) < 4.78 is 39.6. The minimum Gasteiger partial charge on any atom is -0.326 e. The van der Waals surface area contributed by atoms with Crippen molar-refractivity contribution in [3.05, 3.63) is 59.9 Å². The summed E-state index contributed by atoms with van der Waals surface area (Å²) in [5.74, 6) is -0.609. The molecule has 2 rings (SSSR count). The molecule has 0 aliphatic rings. The molecule has 0 bridgehead atoms. The fourth-order valence-electron chi connectivity index (χ4n) is 1.86. The molecule has 0 aliphatic heterocycles. The molecule has 0 saturated heterocycles. The quantitative estimate of drug-likeness (QED) is 0.939. The van der Waals surface area contributed by atoms with Crippen LogP contribution < -0.4 is 10.0 Å². The SMILES string of the molecule is CN(c1ccccc1)S(=O)(=O)c1cc(F)ccc1CN. The first kappa shape index (κ1) is 14.5. The minimum absolute atomic E-state index is 0.0253. The smallest absolute Gasteiger partial charge is 0.264 e. The Morgan fingerprint density at radius 1 is 1.15 bits per heavy atom. The van der Waals surface area contributed by atoms with Gasteiger partial charge in [-0.05, 0) is 29.8 Å². The van der Waals surface area contributed by atoms with Crippen molar-refractivity contribution in [1.82, 2.24) is 0 Å². The summed E-state index contributed by atoms with van der Waals surface area (Å²) in [7, 11) is -2.42. The first-order valence-corrected chi connectivity index (χ1v) is 7.43. The zero-order chi connectivity index (χ0) is 14.8. The lowest BCUT2D eigenvalue weighted by Crippen LogP contribution is -2.28. The minimum atomic E-state index is -3.84. The fourth-order valence-corrected chi connectivity index (χ4v) is 3.30. The lowest BCUT2D eigenvalue weighted by molar-refractivity contribution is 0.587. The van der Waals surface area contributed by atoms with E-state index in [-0.39, 0.29) is 11.4 Å². The Labute approximate surface area is 117 Å². The van der Waals surface area contributed by atoms with Crippen molar-refractivity contribution in [3.8, 4) is 0 Å². The van der Waals surface area contributed by atoms with Crippen molar-refractivity contribution in [2.75, 3.05) is 11.4 Å². The highest BCUT2D eigenvalue weighted by Gasteiger charge is 2.24. The maximum Gasteiger partial charge on any atom is 0.264 e. The number of anilines is 1. The van der Waals surface area contributed by atoms with E-state index in [1.54, 1.807) is 30.3 Å². The Hall–Kier alpha value is -1.92. The zero-order valence-corrected chi connectivity index (χ0v) is 11.8. The number of hydrogen-bond acceptors (Lipinski definition) is 3. The number of benzene rings is 2. The monoisotopic (exact) mass is 294 g/mol. The van der Waals surface area contributed by atoms with Gasteiger partial charge in [0.25, 0.3) is 10.0 Å². The molecule has 0 atom stereocenters. The zero-order valence-electron chi connectivity index (χ0n) is 11.0. The summed E-state index contributed by atoms with van der Waals surface area (Å²) in [5, 5.41) is 0. The maximum absolute atomic E-state index is 13.4. The van der Waals surface area contributed by atoms with Gasteiger partial charge in [0.15, 0.2) is 0 Å². The van der Waals surface area contributed by atoms with Gasteiger partial charge in [0, 0.05) is 13.6 Å². The summed E-state index contributed by atoms with van der Waals surface area (Å²) in [4.78, 5) is -0.105. The average Bonchev–Trinajstić information content (AvgIpc) is 2.47. The highest BCUT2D eigenvalue weighted by atomic mass is 32.2. The number of halogens is 1. The molecule has 0 spiro atoms. The number of rotatable bonds is 4. The molecule has 0 aliphatic carbocycles. The van der Waals surface area contributed by atoms with E-state index in [2.05, 4.69) is 0 Å². The van der Waals surface area contributed by atoms with Gasteiger partial charge in [-0.3, -0.25) is 4.31 Å². The second-order valence-electron chi connectivity index (χ2n) is 4.26. The van der Waals surface area contributed by atoms with Crippen molar-refractivity contribution in [1.29, 1.82) is 0 Å². The van der Waals surface area contributed by atoms with Gasteiger partial charge in [-0.2, -0.15) is 0 Å². The molecule has 0 fully saturated rings. The Morgan fingerprint density at radius 2 is 1.80 bits per heavy atom. The van der Waals surface area contributed by atoms with E-state index >= 15 is 0 Å². The lowest BCUT2D eigenvalue weighted by Gasteiger charge is -2.21. The molecule has 4 nitrogen and oxygen atoms in total. The van der Waals surface area contributed by atoms with Crippen LogP contribution >= 0.6 is 0 Å². The van der Waals surface area contributed by atoms with E-state index in [4.69, 9.17) is 5.73 Å². The number of nitrogens with two attached hydrogens (primary N) is 1. The van der Waals surface area contributed by atoms with Crippen LogP contribution in [0.3, 0.4) is 0 Å². The lowest BCUT2D eigenvalue weighted by atomic mass is 10.2. The van der Waals surface area contributed by atoms with Gasteiger partial charge >= 0.3 is 0 Å². The third-order valence-electron chi connectivity index (χ3n) is 3.01. The van der Waals surface area contributed by atoms with Crippen LogP contribution in [0.2, 0.25) is 0 Å². The molecule has 2 aromatic carbocycles. The molecule has 106 valence electrons. The third-order valence-corrected chi connectivity index (χ3v) is 4.88. The highest BCUT2D eigenvalue weighted by Crippen LogP contribution is 2.24. The van der Waals surface area contributed by atoms with E-state index < -0.39 is 15.8 Å². The van der Waals surface area contributed by atoms with Crippen LogP contribution in [0.15, 0.2) is 53.4 Å². The Bertz CT molecular complexity index is 702. The number of hydrogen-bond donors (Lipinski definition) is 1. The second-order valence-corrected chi connectivity index (χ2v) is 6.20. The molecule has 0 aromatic heterocycles. The molecular formula is C14H15FN2O2S. The molecule has 0 amide bonds. The largest absolute Gasteiger partial charge is 0.326 e. The molecular weight excluding hydrogens is 279 g/mol. The van der Waals surface area contributed by atoms with Crippen LogP contribution in [-0.2, 0) is 16.6 Å².